The summed E-state index contributed by atoms with van der Waals surface area (Å²) in [6, 6.07) is 13.1. The molecular weight excluding hydrogens is 267 g/mol. The van der Waals surface area contributed by atoms with E-state index in [9.17, 15) is 4.39 Å². The van der Waals surface area contributed by atoms with E-state index in [0.29, 0.717) is 5.56 Å². The van der Waals surface area contributed by atoms with Crippen molar-refractivity contribution in [3.8, 4) is 0 Å². The summed E-state index contributed by atoms with van der Waals surface area (Å²) in [5.74, 6) is -0.194. The fraction of sp³-hybridized carbons (Fsp3) is 0.200. The van der Waals surface area contributed by atoms with Gasteiger partial charge in [-0.1, -0.05) is 30.3 Å². The van der Waals surface area contributed by atoms with Gasteiger partial charge in [0.1, 0.15) is 5.82 Å². The molecule has 0 saturated carbocycles. The van der Waals surface area contributed by atoms with E-state index in [1.807, 2.05) is 36.6 Å². The maximum absolute atomic E-state index is 13.3. The number of aryl methyl sites for hydroxylation is 1. The van der Waals surface area contributed by atoms with Crippen molar-refractivity contribution in [2.45, 2.75) is 17.2 Å². The molecule has 0 bridgehead atoms. The molecule has 1 atom stereocenters. The Morgan fingerprint density at radius 2 is 1.89 bits per heavy atom. The first-order valence-corrected chi connectivity index (χ1v) is 7.32. The van der Waals surface area contributed by atoms with Crippen molar-refractivity contribution < 1.29 is 4.39 Å². The summed E-state index contributed by atoms with van der Waals surface area (Å²) >= 11 is 8.17. The molecule has 0 amide bonds. The van der Waals surface area contributed by atoms with E-state index in [1.165, 1.54) is 6.07 Å². The zero-order chi connectivity index (χ0) is 13.1. The van der Waals surface area contributed by atoms with Gasteiger partial charge in [0.2, 0.25) is 0 Å². The van der Waals surface area contributed by atoms with E-state index < -0.39 is 0 Å². The van der Waals surface area contributed by atoms with Gasteiger partial charge >= 0.3 is 0 Å². The lowest BCUT2D eigenvalue weighted by molar-refractivity contribution is 0.617. The summed E-state index contributed by atoms with van der Waals surface area (Å²) in [5.41, 5.74) is 2.62. The summed E-state index contributed by atoms with van der Waals surface area (Å²) in [6.07, 6.45) is 2.03. The summed E-state index contributed by atoms with van der Waals surface area (Å²) in [6.45, 7) is 1.75. The van der Waals surface area contributed by atoms with Gasteiger partial charge in [0.05, 0.1) is 5.38 Å². The number of hydrogen-bond donors (Lipinski definition) is 0. The third-order valence-electron chi connectivity index (χ3n) is 2.89. The van der Waals surface area contributed by atoms with Gasteiger partial charge in [-0.3, -0.25) is 0 Å². The van der Waals surface area contributed by atoms with Gasteiger partial charge in [-0.15, -0.1) is 23.4 Å². The van der Waals surface area contributed by atoms with Crippen molar-refractivity contribution in [1.82, 2.24) is 0 Å². The number of hydrogen-bond acceptors (Lipinski definition) is 1. The zero-order valence-corrected chi connectivity index (χ0v) is 11.9. The SMILES string of the molecule is CSc1ccccc1C(Cl)c1ccc(F)c(C)c1. The van der Waals surface area contributed by atoms with Crippen LogP contribution < -0.4 is 0 Å². The molecular formula is C15H14ClFS. The second kappa shape index (κ2) is 5.77. The van der Waals surface area contributed by atoms with Crippen LogP contribution in [0.5, 0.6) is 0 Å². The average Bonchev–Trinajstić information content (AvgIpc) is 2.41. The van der Waals surface area contributed by atoms with Crippen LogP contribution in [0.1, 0.15) is 22.1 Å². The number of benzene rings is 2. The summed E-state index contributed by atoms with van der Waals surface area (Å²) in [4.78, 5) is 1.15. The lowest BCUT2D eigenvalue weighted by Crippen LogP contribution is -1.97. The van der Waals surface area contributed by atoms with Crippen molar-refractivity contribution in [2.24, 2.45) is 0 Å². The molecule has 2 rings (SSSR count). The van der Waals surface area contributed by atoms with Crippen molar-refractivity contribution in [3.63, 3.8) is 0 Å². The van der Waals surface area contributed by atoms with Crippen LogP contribution in [0.2, 0.25) is 0 Å². The van der Waals surface area contributed by atoms with Crippen LogP contribution in [-0.2, 0) is 0 Å². The highest BCUT2D eigenvalue weighted by Gasteiger charge is 2.15. The number of rotatable bonds is 3. The van der Waals surface area contributed by atoms with Crippen molar-refractivity contribution in [3.05, 3.63) is 65.0 Å². The molecule has 0 saturated heterocycles. The van der Waals surface area contributed by atoms with Crippen LogP contribution in [0.15, 0.2) is 47.4 Å². The second-order valence-corrected chi connectivity index (χ2v) is 5.40. The van der Waals surface area contributed by atoms with Gasteiger partial charge in [-0.05, 0) is 42.0 Å². The molecule has 0 fully saturated rings. The molecule has 0 aromatic heterocycles. The standard InChI is InChI=1S/C15H14ClFS/c1-10-9-11(7-8-13(10)17)15(16)12-5-3-4-6-14(12)18-2/h3-9,15H,1-2H3. The molecule has 1 unspecified atom stereocenters. The maximum atomic E-state index is 13.3. The Kier molecular flexibility index (Phi) is 4.31. The van der Waals surface area contributed by atoms with Crippen LogP contribution in [0, 0.1) is 12.7 Å². The van der Waals surface area contributed by atoms with E-state index in [4.69, 9.17) is 11.6 Å². The first kappa shape index (κ1) is 13.4. The largest absolute Gasteiger partial charge is 0.207 e. The van der Waals surface area contributed by atoms with E-state index in [0.717, 1.165) is 16.0 Å². The van der Waals surface area contributed by atoms with Gasteiger partial charge in [-0.2, -0.15) is 0 Å². The topological polar surface area (TPSA) is 0 Å². The van der Waals surface area contributed by atoms with Gasteiger partial charge in [-0.25, -0.2) is 4.39 Å². The van der Waals surface area contributed by atoms with E-state index in [1.54, 1.807) is 24.8 Å². The highest BCUT2D eigenvalue weighted by Crippen LogP contribution is 2.35. The third-order valence-corrected chi connectivity index (χ3v) is 4.19. The lowest BCUT2D eigenvalue weighted by Gasteiger charge is -2.14. The van der Waals surface area contributed by atoms with Crippen molar-refractivity contribution in [2.75, 3.05) is 6.26 Å². The molecule has 0 heterocycles. The molecule has 0 radical (unpaired) electrons. The second-order valence-electron chi connectivity index (χ2n) is 4.11. The lowest BCUT2D eigenvalue weighted by atomic mass is 10.0. The molecule has 2 aromatic rings. The summed E-state index contributed by atoms with van der Waals surface area (Å²) in [7, 11) is 0. The molecule has 3 heteroatoms. The van der Waals surface area contributed by atoms with E-state index in [-0.39, 0.29) is 11.2 Å². The minimum absolute atomic E-state index is 0.194. The first-order valence-electron chi connectivity index (χ1n) is 5.66. The summed E-state index contributed by atoms with van der Waals surface area (Å²) in [5, 5.41) is -0.243. The Bertz CT molecular complexity index is 554. The van der Waals surface area contributed by atoms with Gasteiger partial charge in [0.15, 0.2) is 0 Å². The molecule has 0 aliphatic heterocycles. The first-order chi connectivity index (χ1) is 8.63. The third kappa shape index (κ3) is 2.70. The quantitative estimate of drug-likeness (QED) is 0.551. The van der Waals surface area contributed by atoms with Crippen LogP contribution in [0.3, 0.4) is 0 Å². The Labute approximate surface area is 116 Å². The number of alkyl halides is 1. The molecule has 18 heavy (non-hydrogen) atoms. The highest BCUT2D eigenvalue weighted by atomic mass is 35.5. The average molecular weight is 281 g/mol. The Morgan fingerprint density at radius 3 is 2.56 bits per heavy atom. The molecule has 0 N–H and O–H groups in total. The molecule has 94 valence electrons. The van der Waals surface area contributed by atoms with Crippen molar-refractivity contribution in [1.29, 1.82) is 0 Å². The molecule has 0 aliphatic carbocycles. The molecule has 0 spiro atoms. The highest BCUT2D eigenvalue weighted by molar-refractivity contribution is 7.98. The molecule has 0 nitrogen and oxygen atoms in total. The maximum Gasteiger partial charge on any atom is 0.126 e. The van der Waals surface area contributed by atoms with Crippen LogP contribution in [-0.4, -0.2) is 6.26 Å². The monoisotopic (exact) mass is 280 g/mol. The van der Waals surface area contributed by atoms with Gasteiger partial charge in [0.25, 0.3) is 0 Å². The fourth-order valence-electron chi connectivity index (χ4n) is 1.88. The smallest absolute Gasteiger partial charge is 0.126 e. The van der Waals surface area contributed by atoms with E-state index in [2.05, 4.69) is 0 Å². The normalized spacial score (nSPS) is 12.4. The van der Waals surface area contributed by atoms with Crippen LogP contribution in [0.4, 0.5) is 4.39 Å². The Balaban J connectivity index is 2.41. The number of halogens is 2. The minimum atomic E-state index is -0.243. The predicted octanol–water partition coefficient (Wildman–Crippen LogP) is 5.18. The van der Waals surface area contributed by atoms with Crippen molar-refractivity contribution >= 4 is 23.4 Å². The fourth-order valence-corrected chi connectivity index (χ4v) is 2.91. The van der Waals surface area contributed by atoms with Gasteiger partial charge in [0, 0.05) is 4.90 Å². The molecule has 0 aliphatic rings. The molecule has 2 aromatic carbocycles. The Hall–Kier alpha value is -0.990. The Morgan fingerprint density at radius 1 is 1.17 bits per heavy atom. The van der Waals surface area contributed by atoms with Gasteiger partial charge < -0.3 is 0 Å². The zero-order valence-electron chi connectivity index (χ0n) is 10.3. The minimum Gasteiger partial charge on any atom is -0.207 e. The van der Waals surface area contributed by atoms with Crippen LogP contribution in [0.25, 0.3) is 0 Å². The number of thioether (sulfide) groups is 1. The van der Waals surface area contributed by atoms with E-state index >= 15 is 0 Å². The van der Waals surface area contributed by atoms with Crippen LogP contribution >= 0.6 is 23.4 Å². The summed E-state index contributed by atoms with van der Waals surface area (Å²) < 4.78 is 13.3. The predicted molar refractivity (Wildman–Crippen MR) is 77.1 cm³/mol.